The smallest absolute Gasteiger partial charge is 0.395 e. The standard InChI is InChI=1S/C16H20F2N4O4/c17-16(18)25-12-4-3-11(8-13(12)26-16)21-15(24)20-5-7-22-6-1-2-10(9-22)14(19)23/h3-4,8,10H,1-2,5-7,9H2,(H2,19,23)(H2,20,21,24)/t10-/m0/s1. The van der Waals surface area contributed by atoms with Gasteiger partial charge in [-0.1, -0.05) is 0 Å². The van der Waals surface area contributed by atoms with Gasteiger partial charge in [0.2, 0.25) is 5.91 Å². The van der Waals surface area contributed by atoms with Crippen molar-refractivity contribution >= 4 is 17.6 Å². The van der Waals surface area contributed by atoms with Crippen LogP contribution < -0.4 is 25.8 Å². The Morgan fingerprint density at radius 2 is 2.08 bits per heavy atom. The molecular formula is C16H20F2N4O4. The molecule has 3 amide bonds. The molecule has 1 aromatic carbocycles. The molecule has 2 aliphatic rings. The Kier molecular flexibility index (Phi) is 5.12. The third kappa shape index (κ3) is 4.51. The summed E-state index contributed by atoms with van der Waals surface area (Å²) < 4.78 is 34.6. The van der Waals surface area contributed by atoms with E-state index in [-0.39, 0.29) is 23.3 Å². The first-order valence-corrected chi connectivity index (χ1v) is 8.29. The first-order valence-electron chi connectivity index (χ1n) is 8.29. The summed E-state index contributed by atoms with van der Waals surface area (Å²) in [7, 11) is 0. The number of ether oxygens (including phenoxy) is 2. The lowest BCUT2D eigenvalue weighted by Gasteiger charge is -2.31. The Morgan fingerprint density at radius 3 is 2.85 bits per heavy atom. The fraction of sp³-hybridized carbons (Fsp3) is 0.500. The lowest BCUT2D eigenvalue weighted by Crippen LogP contribution is -2.44. The van der Waals surface area contributed by atoms with Crippen LogP contribution in [0.15, 0.2) is 18.2 Å². The van der Waals surface area contributed by atoms with Crippen molar-refractivity contribution in [3.63, 3.8) is 0 Å². The molecule has 1 saturated heterocycles. The minimum Gasteiger partial charge on any atom is -0.395 e. The quantitative estimate of drug-likeness (QED) is 0.725. The zero-order chi connectivity index (χ0) is 18.7. The number of fused-ring (bicyclic) bond motifs is 1. The Labute approximate surface area is 148 Å². The Hall–Kier alpha value is -2.62. The second-order valence-electron chi connectivity index (χ2n) is 6.25. The summed E-state index contributed by atoms with van der Waals surface area (Å²) in [6.45, 7) is 2.41. The number of carbonyl (C=O) groups excluding carboxylic acids is 2. The number of carbonyl (C=O) groups is 2. The number of hydrogen-bond donors (Lipinski definition) is 3. The Morgan fingerprint density at radius 1 is 1.31 bits per heavy atom. The first kappa shape index (κ1) is 18.2. The number of urea groups is 1. The van der Waals surface area contributed by atoms with Gasteiger partial charge < -0.3 is 30.7 Å². The van der Waals surface area contributed by atoms with E-state index >= 15 is 0 Å². The molecule has 3 rings (SSSR count). The van der Waals surface area contributed by atoms with Crippen molar-refractivity contribution in [2.45, 2.75) is 19.1 Å². The van der Waals surface area contributed by atoms with Crippen LogP contribution in [0.5, 0.6) is 11.5 Å². The Balaban J connectivity index is 1.43. The molecule has 0 radical (unpaired) electrons. The number of amides is 3. The number of nitrogens with two attached hydrogens (primary N) is 1. The molecule has 4 N–H and O–H groups in total. The lowest BCUT2D eigenvalue weighted by atomic mass is 9.97. The van der Waals surface area contributed by atoms with Gasteiger partial charge in [0.15, 0.2) is 11.5 Å². The number of alkyl halides is 2. The molecule has 26 heavy (non-hydrogen) atoms. The predicted octanol–water partition coefficient (Wildman–Crippen LogP) is 1.33. The number of likely N-dealkylation sites (tertiary alicyclic amines) is 1. The van der Waals surface area contributed by atoms with E-state index in [1.54, 1.807) is 0 Å². The molecular weight excluding hydrogens is 350 g/mol. The second-order valence-corrected chi connectivity index (χ2v) is 6.25. The number of hydrogen-bond acceptors (Lipinski definition) is 5. The zero-order valence-electron chi connectivity index (χ0n) is 14.0. The van der Waals surface area contributed by atoms with Crippen molar-refractivity contribution in [1.82, 2.24) is 10.2 Å². The van der Waals surface area contributed by atoms with Crippen molar-refractivity contribution < 1.29 is 27.8 Å². The Bertz CT molecular complexity index is 701. The van der Waals surface area contributed by atoms with Crippen LogP contribution in [-0.2, 0) is 4.79 Å². The summed E-state index contributed by atoms with van der Waals surface area (Å²) in [6, 6.07) is 3.52. The molecule has 0 aliphatic carbocycles. The van der Waals surface area contributed by atoms with Crippen LogP contribution in [0.2, 0.25) is 0 Å². The van der Waals surface area contributed by atoms with E-state index in [1.807, 2.05) is 0 Å². The summed E-state index contributed by atoms with van der Waals surface area (Å²) in [5.41, 5.74) is 5.64. The monoisotopic (exact) mass is 370 g/mol. The number of halogens is 2. The third-order valence-electron chi connectivity index (χ3n) is 4.28. The predicted molar refractivity (Wildman–Crippen MR) is 88.0 cm³/mol. The van der Waals surface area contributed by atoms with Gasteiger partial charge in [-0.2, -0.15) is 0 Å². The highest BCUT2D eigenvalue weighted by Gasteiger charge is 2.43. The number of piperidine rings is 1. The first-order chi connectivity index (χ1) is 12.3. The van der Waals surface area contributed by atoms with E-state index in [0.717, 1.165) is 19.4 Å². The highest BCUT2D eigenvalue weighted by Crippen LogP contribution is 2.42. The molecule has 2 heterocycles. The largest absolute Gasteiger partial charge is 0.586 e. The fourth-order valence-electron chi connectivity index (χ4n) is 3.02. The lowest BCUT2D eigenvalue weighted by molar-refractivity contribution is -0.286. The van der Waals surface area contributed by atoms with Crippen LogP contribution in [0, 0.1) is 5.92 Å². The summed E-state index contributed by atoms with van der Waals surface area (Å²) >= 11 is 0. The molecule has 142 valence electrons. The summed E-state index contributed by atoms with van der Waals surface area (Å²) in [6.07, 6.45) is -2.01. The maximum atomic E-state index is 13.0. The van der Waals surface area contributed by atoms with E-state index in [1.165, 1.54) is 18.2 Å². The number of anilines is 1. The van der Waals surface area contributed by atoms with Gasteiger partial charge in [0.1, 0.15) is 0 Å². The molecule has 1 atom stereocenters. The van der Waals surface area contributed by atoms with Gasteiger partial charge >= 0.3 is 12.3 Å². The van der Waals surface area contributed by atoms with Crippen LogP contribution in [0.25, 0.3) is 0 Å². The third-order valence-corrected chi connectivity index (χ3v) is 4.28. The van der Waals surface area contributed by atoms with Crippen molar-refractivity contribution in [1.29, 1.82) is 0 Å². The van der Waals surface area contributed by atoms with Crippen molar-refractivity contribution in [3.05, 3.63) is 18.2 Å². The van der Waals surface area contributed by atoms with Crippen LogP contribution in [0.4, 0.5) is 19.3 Å². The maximum absolute atomic E-state index is 13.0. The van der Waals surface area contributed by atoms with Crippen molar-refractivity contribution in [3.8, 4) is 11.5 Å². The zero-order valence-corrected chi connectivity index (χ0v) is 14.0. The topological polar surface area (TPSA) is 106 Å². The van der Waals surface area contributed by atoms with E-state index in [9.17, 15) is 18.4 Å². The molecule has 1 fully saturated rings. The van der Waals surface area contributed by atoms with Gasteiger partial charge in [-0.3, -0.25) is 4.79 Å². The maximum Gasteiger partial charge on any atom is 0.586 e. The minimum absolute atomic E-state index is 0.0879. The average molecular weight is 370 g/mol. The summed E-state index contributed by atoms with van der Waals surface area (Å²) in [4.78, 5) is 25.2. The van der Waals surface area contributed by atoms with Crippen molar-refractivity contribution in [2.75, 3.05) is 31.5 Å². The van der Waals surface area contributed by atoms with E-state index in [4.69, 9.17) is 5.73 Å². The second kappa shape index (κ2) is 7.32. The van der Waals surface area contributed by atoms with E-state index in [2.05, 4.69) is 25.0 Å². The van der Waals surface area contributed by atoms with Crippen LogP contribution >= 0.6 is 0 Å². The van der Waals surface area contributed by atoms with Crippen LogP contribution in [0.1, 0.15) is 12.8 Å². The van der Waals surface area contributed by atoms with Crippen LogP contribution in [-0.4, -0.2) is 49.3 Å². The molecule has 0 spiro atoms. The van der Waals surface area contributed by atoms with Gasteiger partial charge in [0.05, 0.1) is 5.92 Å². The number of rotatable bonds is 5. The summed E-state index contributed by atoms with van der Waals surface area (Å²) in [5, 5.41) is 5.22. The SMILES string of the molecule is NC(=O)[C@H]1CCCN(CCNC(=O)Nc2ccc3c(c2)OC(F)(F)O3)C1. The molecule has 1 aromatic rings. The van der Waals surface area contributed by atoms with Gasteiger partial charge in [0, 0.05) is 31.4 Å². The van der Waals surface area contributed by atoms with Gasteiger partial charge in [-0.15, -0.1) is 8.78 Å². The number of benzene rings is 1. The molecule has 8 nitrogen and oxygen atoms in total. The molecule has 0 aromatic heterocycles. The highest BCUT2D eigenvalue weighted by molar-refractivity contribution is 5.89. The van der Waals surface area contributed by atoms with Gasteiger partial charge in [0.25, 0.3) is 0 Å². The minimum atomic E-state index is -3.69. The van der Waals surface area contributed by atoms with Gasteiger partial charge in [-0.25, -0.2) is 4.79 Å². The average Bonchev–Trinajstić information content (AvgIpc) is 2.88. The fourth-order valence-corrected chi connectivity index (χ4v) is 3.02. The summed E-state index contributed by atoms with van der Waals surface area (Å²) in [5.74, 6) is -0.674. The normalized spacial score (nSPS) is 21.2. The number of nitrogens with one attached hydrogen (secondary N) is 2. The van der Waals surface area contributed by atoms with Gasteiger partial charge in [-0.05, 0) is 31.5 Å². The molecule has 2 aliphatic heterocycles. The van der Waals surface area contributed by atoms with E-state index in [0.29, 0.717) is 25.3 Å². The number of primary amides is 1. The van der Waals surface area contributed by atoms with Crippen molar-refractivity contribution in [2.24, 2.45) is 11.7 Å². The molecule has 0 saturated carbocycles. The highest BCUT2D eigenvalue weighted by atomic mass is 19.3. The molecule has 0 unspecified atom stereocenters. The molecule has 10 heteroatoms. The number of nitrogens with zero attached hydrogens (tertiary/aromatic N) is 1. The molecule has 0 bridgehead atoms. The van der Waals surface area contributed by atoms with E-state index < -0.39 is 12.3 Å². The van der Waals surface area contributed by atoms with Crippen LogP contribution in [0.3, 0.4) is 0 Å².